The Kier molecular flexibility index (Phi) is 4.19. The lowest BCUT2D eigenvalue weighted by atomic mass is 9.84. The first-order chi connectivity index (χ1) is 8.88. The van der Waals surface area contributed by atoms with E-state index in [2.05, 4.69) is 19.1 Å². The number of benzene rings is 1. The number of carbonyl (C=O) groups is 1. The molecule has 0 bridgehead atoms. The smallest absolute Gasteiger partial charge is 0.254 e. The minimum atomic E-state index is 0.132. The zero-order chi connectivity index (χ0) is 14.2. The molecule has 1 saturated carbocycles. The van der Waals surface area contributed by atoms with Crippen molar-refractivity contribution in [2.75, 3.05) is 13.6 Å². The van der Waals surface area contributed by atoms with E-state index < -0.39 is 0 Å². The molecule has 0 aromatic heterocycles. The van der Waals surface area contributed by atoms with Gasteiger partial charge in [-0.2, -0.15) is 0 Å². The summed E-state index contributed by atoms with van der Waals surface area (Å²) in [7, 11) is 1.89. The van der Waals surface area contributed by atoms with Crippen LogP contribution in [0.1, 0.15) is 39.9 Å². The van der Waals surface area contributed by atoms with Gasteiger partial charge in [-0.05, 0) is 50.7 Å². The molecule has 3 heteroatoms. The zero-order valence-corrected chi connectivity index (χ0v) is 12.9. The van der Waals surface area contributed by atoms with E-state index in [1.165, 1.54) is 5.56 Å². The average Bonchev–Trinajstić information content (AvgIpc) is 2.25. The molecule has 0 aliphatic heterocycles. The SMILES string of the molecule is Cc1cc(C)c(C(=O)N(C)CC2CC(Cl)C2)c(C)c1. The van der Waals surface area contributed by atoms with Crippen molar-refractivity contribution in [3.8, 4) is 0 Å². The summed E-state index contributed by atoms with van der Waals surface area (Å²) in [6.07, 6.45) is 2.07. The highest BCUT2D eigenvalue weighted by Gasteiger charge is 2.29. The van der Waals surface area contributed by atoms with E-state index in [0.717, 1.165) is 36.1 Å². The highest BCUT2D eigenvalue weighted by molar-refractivity contribution is 6.21. The van der Waals surface area contributed by atoms with Crippen LogP contribution in [0.3, 0.4) is 0 Å². The van der Waals surface area contributed by atoms with Gasteiger partial charge in [-0.1, -0.05) is 17.7 Å². The maximum Gasteiger partial charge on any atom is 0.254 e. The second kappa shape index (κ2) is 5.54. The van der Waals surface area contributed by atoms with Gasteiger partial charge in [0, 0.05) is 24.5 Å². The van der Waals surface area contributed by atoms with Crippen molar-refractivity contribution in [2.45, 2.75) is 39.0 Å². The fourth-order valence-corrected chi connectivity index (χ4v) is 3.49. The van der Waals surface area contributed by atoms with E-state index in [1.54, 1.807) is 0 Å². The molecule has 0 N–H and O–H groups in total. The third kappa shape index (κ3) is 3.11. The third-order valence-corrected chi connectivity index (χ3v) is 4.30. The van der Waals surface area contributed by atoms with E-state index in [-0.39, 0.29) is 5.91 Å². The topological polar surface area (TPSA) is 20.3 Å². The van der Waals surface area contributed by atoms with Gasteiger partial charge in [0.1, 0.15) is 0 Å². The van der Waals surface area contributed by atoms with Crippen LogP contribution in [0.15, 0.2) is 12.1 Å². The van der Waals surface area contributed by atoms with E-state index in [4.69, 9.17) is 11.6 Å². The van der Waals surface area contributed by atoms with Gasteiger partial charge < -0.3 is 4.90 Å². The molecule has 1 fully saturated rings. The summed E-state index contributed by atoms with van der Waals surface area (Å²) in [4.78, 5) is 14.4. The molecule has 0 radical (unpaired) electrons. The Bertz CT molecular complexity index is 469. The minimum Gasteiger partial charge on any atom is -0.341 e. The maximum absolute atomic E-state index is 12.5. The van der Waals surface area contributed by atoms with E-state index in [1.807, 2.05) is 25.8 Å². The van der Waals surface area contributed by atoms with Crippen molar-refractivity contribution < 1.29 is 4.79 Å². The van der Waals surface area contributed by atoms with Gasteiger partial charge in [0.25, 0.3) is 5.91 Å². The predicted molar refractivity (Wildman–Crippen MR) is 80.0 cm³/mol. The lowest BCUT2D eigenvalue weighted by Crippen LogP contribution is -2.38. The molecule has 0 spiro atoms. The Morgan fingerprint density at radius 1 is 1.26 bits per heavy atom. The summed E-state index contributed by atoms with van der Waals surface area (Å²) < 4.78 is 0. The van der Waals surface area contributed by atoms with Gasteiger partial charge in [-0.15, -0.1) is 11.6 Å². The summed E-state index contributed by atoms with van der Waals surface area (Å²) in [5.74, 6) is 0.704. The number of hydrogen-bond donors (Lipinski definition) is 0. The summed E-state index contributed by atoms with van der Waals surface area (Å²) >= 11 is 5.99. The first-order valence-corrected chi connectivity index (χ1v) is 7.29. The molecule has 0 unspecified atom stereocenters. The number of halogens is 1. The Balaban J connectivity index is 2.10. The maximum atomic E-state index is 12.5. The van der Waals surface area contributed by atoms with Crippen LogP contribution in [0, 0.1) is 26.7 Å². The van der Waals surface area contributed by atoms with Gasteiger partial charge in [-0.3, -0.25) is 4.79 Å². The molecule has 104 valence electrons. The van der Waals surface area contributed by atoms with Crippen molar-refractivity contribution >= 4 is 17.5 Å². The van der Waals surface area contributed by atoms with E-state index in [0.29, 0.717) is 11.3 Å². The molecule has 19 heavy (non-hydrogen) atoms. The molecular weight excluding hydrogens is 258 g/mol. The Morgan fingerprint density at radius 3 is 2.26 bits per heavy atom. The summed E-state index contributed by atoms with van der Waals surface area (Å²) in [5.41, 5.74) is 4.20. The normalized spacial score (nSPS) is 21.9. The fraction of sp³-hybridized carbons (Fsp3) is 0.562. The Hall–Kier alpha value is -1.02. The first-order valence-electron chi connectivity index (χ1n) is 6.86. The number of alkyl halides is 1. The van der Waals surface area contributed by atoms with Crippen LogP contribution in [0.4, 0.5) is 0 Å². The molecule has 2 rings (SSSR count). The van der Waals surface area contributed by atoms with Crippen LogP contribution in [-0.4, -0.2) is 29.8 Å². The molecule has 1 aromatic rings. The zero-order valence-electron chi connectivity index (χ0n) is 12.2. The lowest BCUT2D eigenvalue weighted by molar-refractivity contribution is 0.0745. The molecule has 0 heterocycles. The first kappa shape index (κ1) is 14.4. The number of rotatable bonds is 3. The quantitative estimate of drug-likeness (QED) is 0.773. The molecular formula is C16H22ClNO. The predicted octanol–water partition coefficient (Wildman–Crippen LogP) is 3.70. The molecule has 2 nitrogen and oxygen atoms in total. The fourth-order valence-electron chi connectivity index (χ4n) is 2.98. The van der Waals surface area contributed by atoms with Crippen LogP contribution < -0.4 is 0 Å². The molecule has 1 aliphatic carbocycles. The van der Waals surface area contributed by atoms with Crippen LogP contribution >= 0.6 is 11.6 Å². The number of aryl methyl sites for hydroxylation is 3. The minimum absolute atomic E-state index is 0.132. The molecule has 0 atom stereocenters. The van der Waals surface area contributed by atoms with E-state index >= 15 is 0 Å². The number of nitrogens with zero attached hydrogens (tertiary/aromatic N) is 1. The van der Waals surface area contributed by atoms with Gasteiger partial charge in [0.05, 0.1) is 0 Å². The van der Waals surface area contributed by atoms with Crippen molar-refractivity contribution in [3.05, 3.63) is 34.4 Å². The van der Waals surface area contributed by atoms with Crippen LogP contribution in [0.25, 0.3) is 0 Å². The second-order valence-electron chi connectivity index (χ2n) is 5.89. The van der Waals surface area contributed by atoms with Crippen molar-refractivity contribution in [1.82, 2.24) is 4.90 Å². The summed E-state index contributed by atoms with van der Waals surface area (Å²) in [5, 5.41) is 0.316. The van der Waals surface area contributed by atoms with Crippen molar-refractivity contribution in [2.24, 2.45) is 5.92 Å². The average molecular weight is 280 g/mol. The summed E-state index contributed by atoms with van der Waals surface area (Å²) in [6.45, 7) is 6.90. The molecule has 1 aromatic carbocycles. The molecule has 1 amide bonds. The van der Waals surface area contributed by atoms with Crippen LogP contribution in [0.2, 0.25) is 0 Å². The van der Waals surface area contributed by atoms with Gasteiger partial charge in [-0.25, -0.2) is 0 Å². The molecule has 1 aliphatic rings. The monoisotopic (exact) mass is 279 g/mol. The Morgan fingerprint density at radius 2 is 1.79 bits per heavy atom. The highest BCUT2D eigenvalue weighted by atomic mass is 35.5. The second-order valence-corrected chi connectivity index (χ2v) is 6.51. The lowest BCUT2D eigenvalue weighted by Gasteiger charge is -2.34. The van der Waals surface area contributed by atoms with Crippen LogP contribution in [-0.2, 0) is 0 Å². The summed E-state index contributed by atoms with van der Waals surface area (Å²) in [6, 6.07) is 4.15. The number of amides is 1. The van der Waals surface area contributed by atoms with Gasteiger partial charge >= 0.3 is 0 Å². The van der Waals surface area contributed by atoms with Crippen molar-refractivity contribution in [1.29, 1.82) is 0 Å². The highest BCUT2D eigenvalue weighted by Crippen LogP contribution is 2.32. The number of carbonyl (C=O) groups excluding carboxylic acids is 1. The van der Waals surface area contributed by atoms with Gasteiger partial charge in [0.2, 0.25) is 0 Å². The number of hydrogen-bond acceptors (Lipinski definition) is 1. The Labute approximate surface area is 120 Å². The van der Waals surface area contributed by atoms with Crippen molar-refractivity contribution in [3.63, 3.8) is 0 Å². The molecule has 0 saturated heterocycles. The van der Waals surface area contributed by atoms with Crippen LogP contribution in [0.5, 0.6) is 0 Å². The largest absolute Gasteiger partial charge is 0.341 e. The van der Waals surface area contributed by atoms with Gasteiger partial charge in [0.15, 0.2) is 0 Å². The van der Waals surface area contributed by atoms with E-state index in [9.17, 15) is 4.79 Å². The standard InChI is InChI=1S/C16H22ClNO/c1-10-5-11(2)15(12(3)6-10)16(19)18(4)9-13-7-14(17)8-13/h5-6,13-14H,7-9H2,1-4H3. The third-order valence-electron chi connectivity index (χ3n) is 3.95.